The van der Waals surface area contributed by atoms with Gasteiger partial charge in [0.15, 0.2) is 5.69 Å². The molecule has 170 valence electrons. The molecular formula is C21H21F3N4O3S. The highest BCUT2D eigenvalue weighted by atomic mass is 32.2. The smallest absolute Gasteiger partial charge is 0.330 e. The fourth-order valence-corrected chi connectivity index (χ4v) is 3.95. The van der Waals surface area contributed by atoms with Gasteiger partial charge in [-0.25, -0.2) is 17.8 Å². The molecule has 2 aromatic carbocycles. The minimum Gasteiger partial charge on any atom is -0.330 e. The van der Waals surface area contributed by atoms with Gasteiger partial charge in [-0.2, -0.15) is 18.3 Å². The van der Waals surface area contributed by atoms with Crippen molar-refractivity contribution in [3.8, 4) is 16.9 Å². The maximum atomic E-state index is 13.3. The Morgan fingerprint density at radius 1 is 1.09 bits per heavy atom. The summed E-state index contributed by atoms with van der Waals surface area (Å²) < 4.78 is 67.7. The van der Waals surface area contributed by atoms with Crippen LogP contribution in [0.4, 0.5) is 13.2 Å². The van der Waals surface area contributed by atoms with E-state index in [0.29, 0.717) is 12.0 Å². The Morgan fingerprint density at radius 3 is 2.28 bits per heavy atom. The van der Waals surface area contributed by atoms with Gasteiger partial charge in [0.2, 0.25) is 5.91 Å². The van der Waals surface area contributed by atoms with Gasteiger partial charge in [0, 0.05) is 12.0 Å². The van der Waals surface area contributed by atoms with Crippen LogP contribution in [0.15, 0.2) is 59.5 Å². The predicted molar refractivity (Wildman–Crippen MR) is 112 cm³/mol. The van der Waals surface area contributed by atoms with Crippen molar-refractivity contribution in [2.24, 2.45) is 5.73 Å². The number of alkyl halides is 3. The van der Waals surface area contributed by atoms with E-state index in [9.17, 15) is 26.4 Å². The molecule has 1 amide bonds. The maximum Gasteiger partial charge on any atom is 0.435 e. The van der Waals surface area contributed by atoms with E-state index < -0.39 is 27.8 Å². The van der Waals surface area contributed by atoms with Gasteiger partial charge in [0.05, 0.1) is 16.3 Å². The zero-order valence-corrected chi connectivity index (χ0v) is 17.9. The van der Waals surface area contributed by atoms with Crippen molar-refractivity contribution in [3.63, 3.8) is 0 Å². The quantitative estimate of drug-likeness (QED) is 0.555. The SMILES string of the molecule is Cc1ccc(-c2cc(C(F)(F)F)nn2-c2ccc(S(=O)(=O)NC(=O)CCCN)cc2)cc1. The summed E-state index contributed by atoms with van der Waals surface area (Å²) in [4.78, 5) is 11.5. The topological polar surface area (TPSA) is 107 Å². The number of hydrogen-bond acceptors (Lipinski definition) is 5. The van der Waals surface area contributed by atoms with Gasteiger partial charge in [-0.1, -0.05) is 29.8 Å². The maximum absolute atomic E-state index is 13.3. The Hall–Kier alpha value is -3.18. The molecule has 32 heavy (non-hydrogen) atoms. The number of amides is 1. The lowest BCUT2D eigenvalue weighted by atomic mass is 10.1. The summed E-state index contributed by atoms with van der Waals surface area (Å²) in [7, 11) is -4.12. The van der Waals surface area contributed by atoms with Crippen molar-refractivity contribution in [1.29, 1.82) is 0 Å². The molecule has 0 atom stereocenters. The number of rotatable bonds is 7. The molecule has 7 nitrogen and oxygen atoms in total. The first kappa shape index (κ1) is 23.5. The molecule has 11 heteroatoms. The zero-order valence-electron chi connectivity index (χ0n) is 17.1. The molecule has 1 aromatic heterocycles. The highest BCUT2D eigenvalue weighted by Crippen LogP contribution is 2.33. The largest absolute Gasteiger partial charge is 0.435 e. The van der Waals surface area contributed by atoms with E-state index in [1.54, 1.807) is 24.3 Å². The van der Waals surface area contributed by atoms with E-state index in [1.807, 2.05) is 11.6 Å². The van der Waals surface area contributed by atoms with Crippen LogP contribution in [0.5, 0.6) is 0 Å². The molecule has 0 aliphatic rings. The molecule has 0 unspecified atom stereocenters. The molecule has 0 radical (unpaired) electrons. The number of sulfonamides is 1. The molecule has 0 saturated heterocycles. The number of hydrogen-bond donors (Lipinski definition) is 2. The number of nitrogens with one attached hydrogen (secondary N) is 1. The molecule has 0 aliphatic carbocycles. The molecule has 3 rings (SSSR count). The second-order valence-electron chi connectivity index (χ2n) is 7.11. The van der Waals surface area contributed by atoms with Gasteiger partial charge in [-0.05, 0) is 50.2 Å². The molecule has 0 bridgehead atoms. The molecule has 0 aliphatic heterocycles. The zero-order chi connectivity index (χ0) is 23.5. The molecule has 3 N–H and O–H groups in total. The van der Waals surface area contributed by atoms with E-state index in [1.165, 1.54) is 24.3 Å². The molecule has 0 saturated carbocycles. The average Bonchev–Trinajstić information content (AvgIpc) is 3.18. The van der Waals surface area contributed by atoms with Crippen LogP contribution in [0.2, 0.25) is 0 Å². The summed E-state index contributed by atoms with van der Waals surface area (Å²) in [5, 5.41) is 3.69. The second-order valence-corrected chi connectivity index (χ2v) is 8.79. The highest BCUT2D eigenvalue weighted by Gasteiger charge is 2.35. The molecule has 0 fully saturated rings. The van der Waals surface area contributed by atoms with E-state index >= 15 is 0 Å². The minimum atomic E-state index is -4.65. The summed E-state index contributed by atoms with van der Waals surface area (Å²) >= 11 is 0. The lowest BCUT2D eigenvalue weighted by Gasteiger charge is -2.10. The first-order valence-corrected chi connectivity index (χ1v) is 11.1. The van der Waals surface area contributed by atoms with Crippen molar-refractivity contribution in [2.75, 3.05) is 6.54 Å². The Balaban J connectivity index is 1.97. The van der Waals surface area contributed by atoms with Crippen molar-refractivity contribution in [2.45, 2.75) is 30.8 Å². The first-order chi connectivity index (χ1) is 15.0. The first-order valence-electron chi connectivity index (χ1n) is 9.62. The Kier molecular flexibility index (Phi) is 6.70. The fourth-order valence-electron chi connectivity index (χ4n) is 2.94. The molecule has 1 heterocycles. The van der Waals surface area contributed by atoms with Gasteiger partial charge < -0.3 is 5.73 Å². The van der Waals surface area contributed by atoms with Gasteiger partial charge in [0.1, 0.15) is 0 Å². The fraction of sp³-hybridized carbons (Fsp3) is 0.238. The van der Waals surface area contributed by atoms with E-state index in [4.69, 9.17) is 5.73 Å². The van der Waals surface area contributed by atoms with Gasteiger partial charge in [0.25, 0.3) is 10.0 Å². The number of carbonyl (C=O) groups excluding carboxylic acids is 1. The summed E-state index contributed by atoms with van der Waals surface area (Å²) in [5.74, 6) is -0.692. The minimum absolute atomic E-state index is 0.0404. The van der Waals surface area contributed by atoms with Crippen molar-refractivity contribution in [1.82, 2.24) is 14.5 Å². The van der Waals surface area contributed by atoms with Gasteiger partial charge >= 0.3 is 6.18 Å². The summed E-state index contributed by atoms with van der Waals surface area (Å²) in [6, 6.07) is 12.9. The van der Waals surface area contributed by atoms with Crippen molar-refractivity contribution in [3.05, 3.63) is 65.9 Å². The van der Waals surface area contributed by atoms with Crippen LogP contribution in [0.3, 0.4) is 0 Å². The lowest BCUT2D eigenvalue weighted by molar-refractivity contribution is -0.141. The number of carbonyl (C=O) groups is 1. The van der Waals surface area contributed by atoms with Crippen molar-refractivity contribution >= 4 is 15.9 Å². The normalized spacial score (nSPS) is 12.0. The lowest BCUT2D eigenvalue weighted by Crippen LogP contribution is -2.30. The van der Waals surface area contributed by atoms with Gasteiger partial charge in [-0.15, -0.1) is 0 Å². The van der Waals surface area contributed by atoms with Crippen molar-refractivity contribution < 1.29 is 26.4 Å². The Labute approximate surface area is 183 Å². The monoisotopic (exact) mass is 466 g/mol. The molecular weight excluding hydrogens is 445 g/mol. The van der Waals surface area contributed by atoms with Gasteiger partial charge in [-0.3, -0.25) is 4.79 Å². The van der Waals surface area contributed by atoms with Crippen LogP contribution < -0.4 is 10.5 Å². The third-order valence-corrected chi connectivity index (χ3v) is 5.98. The molecule has 3 aromatic rings. The van der Waals surface area contributed by atoms with Crippen LogP contribution in [0.1, 0.15) is 24.1 Å². The Morgan fingerprint density at radius 2 is 1.72 bits per heavy atom. The standard InChI is InChI=1S/C21H21F3N4O3S/c1-14-4-6-15(7-5-14)18-13-19(21(22,23)24)26-28(18)16-8-10-17(11-9-16)32(30,31)27-20(29)3-2-12-25/h4-11,13H,2-3,12,25H2,1H3,(H,27,29). The number of nitrogens with two attached hydrogens (primary N) is 1. The summed E-state index contributed by atoms with van der Waals surface area (Å²) in [5.41, 5.74) is 6.12. The Bertz CT molecular complexity index is 1200. The second kappa shape index (κ2) is 9.13. The van der Waals surface area contributed by atoms with E-state index in [-0.39, 0.29) is 29.2 Å². The number of aryl methyl sites for hydroxylation is 1. The molecule has 0 spiro atoms. The van der Waals surface area contributed by atoms with E-state index in [2.05, 4.69) is 5.10 Å². The summed E-state index contributed by atoms with van der Waals surface area (Å²) in [6.07, 6.45) is -4.36. The predicted octanol–water partition coefficient (Wildman–Crippen LogP) is 3.41. The number of benzene rings is 2. The van der Waals surface area contributed by atoms with Crippen LogP contribution in [-0.2, 0) is 21.0 Å². The van der Waals surface area contributed by atoms with Crippen LogP contribution in [-0.4, -0.2) is 30.7 Å². The third kappa shape index (κ3) is 5.35. The number of nitrogens with zero attached hydrogens (tertiary/aromatic N) is 2. The van der Waals surface area contributed by atoms with Crippen LogP contribution >= 0.6 is 0 Å². The van der Waals surface area contributed by atoms with Crippen LogP contribution in [0.25, 0.3) is 16.9 Å². The summed E-state index contributed by atoms with van der Waals surface area (Å²) in [6.45, 7) is 2.10. The number of halogens is 3. The number of aromatic nitrogens is 2. The van der Waals surface area contributed by atoms with Crippen LogP contribution in [0, 0.1) is 6.92 Å². The van der Waals surface area contributed by atoms with E-state index in [0.717, 1.165) is 16.3 Å². The third-order valence-electron chi connectivity index (χ3n) is 4.59. The highest BCUT2D eigenvalue weighted by molar-refractivity contribution is 7.90. The average molecular weight is 466 g/mol.